The van der Waals surface area contributed by atoms with Crippen molar-refractivity contribution in [1.82, 2.24) is 5.32 Å². The quantitative estimate of drug-likeness (QED) is 0.559. The van der Waals surface area contributed by atoms with E-state index in [0.29, 0.717) is 13.4 Å². The van der Waals surface area contributed by atoms with Crippen LogP contribution in [0.4, 0.5) is 0 Å². The van der Waals surface area contributed by atoms with E-state index in [1.54, 1.807) is 0 Å². The zero-order chi connectivity index (χ0) is 10.6. The predicted molar refractivity (Wildman–Crippen MR) is 56.8 cm³/mol. The first-order valence-corrected chi connectivity index (χ1v) is 5.89. The van der Waals surface area contributed by atoms with Crippen LogP contribution >= 0.6 is 0 Å². The van der Waals surface area contributed by atoms with Gasteiger partial charge in [-0.3, -0.25) is 0 Å². The highest BCUT2D eigenvalue weighted by Gasteiger charge is 2.41. The Bertz CT molecular complexity index is 190. The van der Waals surface area contributed by atoms with Gasteiger partial charge in [-0.25, -0.2) is 0 Å². The summed E-state index contributed by atoms with van der Waals surface area (Å²) in [6, 6.07) is 0. The molecule has 0 aromatic carbocycles. The number of hydrogen-bond donors (Lipinski definition) is 1. The van der Waals surface area contributed by atoms with Gasteiger partial charge in [0, 0.05) is 13.0 Å². The maximum absolute atomic E-state index is 5.90. The minimum Gasteiger partial charge on any atom is -0.372 e. The van der Waals surface area contributed by atoms with Crippen molar-refractivity contribution in [2.75, 3.05) is 33.1 Å². The van der Waals surface area contributed by atoms with Gasteiger partial charge in [-0.1, -0.05) is 0 Å². The number of ether oxygens (including phenoxy) is 3. The Balaban J connectivity index is 1.73. The summed E-state index contributed by atoms with van der Waals surface area (Å²) >= 11 is 0. The van der Waals surface area contributed by atoms with Crippen molar-refractivity contribution in [2.45, 2.75) is 37.9 Å². The van der Waals surface area contributed by atoms with Crippen LogP contribution in [0.1, 0.15) is 26.2 Å². The van der Waals surface area contributed by atoms with E-state index in [2.05, 4.69) is 5.32 Å². The molecule has 2 saturated heterocycles. The first-order chi connectivity index (χ1) is 7.35. The van der Waals surface area contributed by atoms with Gasteiger partial charge in [0.05, 0.1) is 18.3 Å². The summed E-state index contributed by atoms with van der Waals surface area (Å²) < 4.78 is 16.7. The first kappa shape index (κ1) is 11.3. The Morgan fingerprint density at radius 3 is 2.93 bits per heavy atom. The molecule has 2 fully saturated rings. The standard InChI is InChI=1S/C11H21NO3/c1-2-13-9-14-10-7-11(15-8-10)3-5-12-6-4-11/h10,12H,2-9H2,1H3. The fourth-order valence-corrected chi connectivity index (χ4v) is 2.37. The third kappa shape index (κ3) is 2.91. The maximum Gasteiger partial charge on any atom is 0.147 e. The smallest absolute Gasteiger partial charge is 0.147 e. The lowest BCUT2D eigenvalue weighted by molar-refractivity contribution is -0.0866. The molecule has 0 aromatic rings. The Morgan fingerprint density at radius 2 is 2.20 bits per heavy atom. The number of hydrogen-bond acceptors (Lipinski definition) is 4. The van der Waals surface area contributed by atoms with Crippen LogP contribution in [0.2, 0.25) is 0 Å². The number of nitrogens with one attached hydrogen (secondary N) is 1. The van der Waals surface area contributed by atoms with Gasteiger partial charge in [-0.2, -0.15) is 0 Å². The van der Waals surface area contributed by atoms with Gasteiger partial charge in [0.15, 0.2) is 0 Å². The molecule has 0 aromatic heterocycles. The van der Waals surface area contributed by atoms with Gasteiger partial charge in [0.1, 0.15) is 6.79 Å². The molecular weight excluding hydrogens is 194 g/mol. The van der Waals surface area contributed by atoms with Crippen LogP contribution < -0.4 is 5.32 Å². The highest BCUT2D eigenvalue weighted by molar-refractivity contribution is 4.93. The van der Waals surface area contributed by atoms with E-state index in [1.807, 2.05) is 6.92 Å². The summed E-state index contributed by atoms with van der Waals surface area (Å²) in [4.78, 5) is 0. The van der Waals surface area contributed by atoms with Gasteiger partial charge < -0.3 is 19.5 Å². The minimum absolute atomic E-state index is 0.0993. The molecular formula is C11H21NO3. The number of piperidine rings is 1. The van der Waals surface area contributed by atoms with Crippen LogP contribution in [-0.4, -0.2) is 44.8 Å². The summed E-state index contributed by atoms with van der Waals surface area (Å²) in [6.07, 6.45) is 3.49. The molecule has 1 atom stereocenters. The Labute approximate surface area is 91.3 Å². The molecule has 1 unspecified atom stereocenters. The topological polar surface area (TPSA) is 39.7 Å². The zero-order valence-corrected chi connectivity index (χ0v) is 9.46. The lowest BCUT2D eigenvalue weighted by Crippen LogP contribution is -2.41. The molecule has 0 amide bonds. The second kappa shape index (κ2) is 5.25. The monoisotopic (exact) mass is 215 g/mol. The van der Waals surface area contributed by atoms with Crippen LogP contribution in [0.5, 0.6) is 0 Å². The van der Waals surface area contributed by atoms with Crippen molar-refractivity contribution in [3.8, 4) is 0 Å². The first-order valence-electron chi connectivity index (χ1n) is 5.89. The lowest BCUT2D eigenvalue weighted by atomic mass is 9.89. The van der Waals surface area contributed by atoms with Crippen molar-refractivity contribution < 1.29 is 14.2 Å². The van der Waals surface area contributed by atoms with Crippen molar-refractivity contribution in [3.05, 3.63) is 0 Å². The van der Waals surface area contributed by atoms with Gasteiger partial charge >= 0.3 is 0 Å². The SMILES string of the molecule is CCOCOC1COC2(CCNCC2)C1. The molecule has 2 aliphatic heterocycles. The fraction of sp³-hybridized carbons (Fsp3) is 1.00. The lowest BCUT2D eigenvalue weighted by Gasteiger charge is -2.32. The molecule has 0 bridgehead atoms. The summed E-state index contributed by atoms with van der Waals surface area (Å²) in [5.74, 6) is 0. The summed E-state index contributed by atoms with van der Waals surface area (Å²) in [5, 5.41) is 3.36. The van der Waals surface area contributed by atoms with Crippen LogP contribution in [0.25, 0.3) is 0 Å². The van der Waals surface area contributed by atoms with Crippen molar-refractivity contribution >= 4 is 0 Å². The fourth-order valence-electron chi connectivity index (χ4n) is 2.37. The summed E-state index contributed by atoms with van der Waals surface area (Å²) in [7, 11) is 0. The van der Waals surface area contributed by atoms with Crippen molar-refractivity contribution in [3.63, 3.8) is 0 Å². The van der Waals surface area contributed by atoms with E-state index in [1.165, 1.54) is 0 Å². The molecule has 0 radical (unpaired) electrons. The minimum atomic E-state index is 0.0993. The van der Waals surface area contributed by atoms with E-state index in [-0.39, 0.29) is 11.7 Å². The molecule has 0 aliphatic carbocycles. The second-order valence-corrected chi connectivity index (χ2v) is 4.35. The van der Waals surface area contributed by atoms with Gasteiger partial charge in [-0.05, 0) is 32.9 Å². The highest BCUT2D eigenvalue weighted by atomic mass is 16.7. The third-order valence-corrected chi connectivity index (χ3v) is 3.28. The van der Waals surface area contributed by atoms with Crippen LogP contribution in [0.15, 0.2) is 0 Å². The Kier molecular flexibility index (Phi) is 3.97. The molecule has 1 spiro atoms. The van der Waals surface area contributed by atoms with Gasteiger partial charge in [0.2, 0.25) is 0 Å². The molecule has 4 heteroatoms. The van der Waals surface area contributed by atoms with Crippen molar-refractivity contribution in [1.29, 1.82) is 0 Å². The number of rotatable bonds is 4. The zero-order valence-electron chi connectivity index (χ0n) is 9.46. The van der Waals surface area contributed by atoms with Crippen LogP contribution in [0.3, 0.4) is 0 Å². The van der Waals surface area contributed by atoms with E-state index in [0.717, 1.165) is 39.0 Å². The largest absolute Gasteiger partial charge is 0.372 e. The Hall–Kier alpha value is -0.160. The third-order valence-electron chi connectivity index (χ3n) is 3.28. The highest BCUT2D eigenvalue weighted by Crippen LogP contribution is 2.34. The molecule has 1 N–H and O–H groups in total. The van der Waals surface area contributed by atoms with E-state index >= 15 is 0 Å². The van der Waals surface area contributed by atoms with Crippen LogP contribution in [-0.2, 0) is 14.2 Å². The van der Waals surface area contributed by atoms with Crippen molar-refractivity contribution in [2.24, 2.45) is 0 Å². The molecule has 88 valence electrons. The summed E-state index contributed by atoms with van der Waals surface area (Å²) in [5.41, 5.74) is 0.0993. The second-order valence-electron chi connectivity index (χ2n) is 4.35. The predicted octanol–water partition coefficient (Wildman–Crippen LogP) is 0.908. The van der Waals surface area contributed by atoms with E-state index in [4.69, 9.17) is 14.2 Å². The Morgan fingerprint density at radius 1 is 1.40 bits per heavy atom. The summed E-state index contributed by atoms with van der Waals surface area (Å²) in [6.45, 7) is 5.95. The van der Waals surface area contributed by atoms with Gasteiger partial charge in [0.25, 0.3) is 0 Å². The molecule has 0 saturated carbocycles. The molecule has 2 aliphatic rings. The molecule has 15 heavy (non-hydrogen) atoms. The maximum atomic E-state index is 5.90. The average molecular weight is 215 g/mol. The molecule has 2 rings (SSSR count). The van der Waals surface area contributed by atoms with Crippen LogP contribution in [0, 0.1) is 0 Å². The molecule has 2 heterocycles. The average Bonchev–Trinajstić information content (AvgIpc) is 2.63. The van der Waals surface area contributed by atoms with Gasteiger partial charge in [-0.15, -0.1) is 0 Å². The van der Waals surface area contributed by atoms with E-state index in [9.17, 15) is 0 Å². The molecule has 4 nitrogen and oxygen atoms in total. The van der Waals surface area contributed by atoms with E-state index < -0.39 is 0 Å². The normalized spacial score (nSPS) is 29.8.